The fourth-order valence-corrected chi connectivity index (χ4v) is 5.75. The normalized spacial score (nSPS) is 20.3. The zero-order valence-electron chi connectivity index (χ0n) is 16.3. The van der Waals surface area contributed by atoms with E-state index in [-0.39, 0.29) is 17.6 Å². The lowest BCUT2D eigenvalue weighted by molar-refractivity contribution is -0.123. The van der Waals surface area contributed by atoms with Crippen molar-refractivity contribution in [2.24, 2.45) is 0 Å². The van der Waals surface area contributed by atoms with E-state index in [1.54, 1.807) is 28.0 Å². The smallest absolute Gasteiger partial charge is 0.269 e. The number of carbonyl (C=O) groups is 2. The first-order chi connectivity index (χ1) is 14.5. The zero-order valence-corrected chi connectivity index (χ0v) is 17.9. The summed E-state index contributed by atoms with van der Waals surface area (Å²) < 4.78 is 0. The lowest BCUT2D eigenvalue weighted by Gasteiger charge is -2.33. The van der Waals surface area contributed by atoms with E-state index in [0.717, 1.165) is 16.8 Å². The number of thioether (sulfide) groups is 1. The van der Waals surface area contributed by atoms with E-state index in [0.29, 0.717) is 17.3 Å². The van der Waals surface area contributed by atoms with E-state index in [4.69, 9.17) is 11.6 Å². The van der Waals surface area contributed by atoms with Gasteiger partial charge in [-0.05, 0) is 36.8 Å². The fraction of sp³-hybridized carbons (Fsp3) is 0.167. The molecule has 2 aliphatic heterocycles. The summed E-state index contributed by atoms with van der Waals surface area (Å²) in [5.74, 6) is 0.0491. The summed E-state index contributed by atoms with van der Waals surface area (Å²) >= 11 is 7.59. The van der Waals surface area contributed by atoms with Crippen LogP contribution in [0.15, 0.2) is 72.8 Å². The van der Waals surface area contributed by atoms with Crippen molar-refractivity contribution >= 4 is 46.6 Å². The minimum Gasteiger partial charge on any atom is -0.304 e. The molecule has 2 heterocycles. The molecule has 2 amide bonds. The molecule has 0 bridgehead atoms. The molecule has 5 rings (SSSR count). The number of anilines is 2. The third-order valence-electron chi connectivity index (χ3n) is 5.59. The number of hydrogen-bond acceptors (Lipinski definition) is 3. The molecule has 150 valence electrons. The lowest BCUT2D eigenvalue weighted by atomic mass is 10.0. The van der Waals surface area contributed by atoms with Gasteiger partial charge in [0.1, 0.15) is 0 Å². The Balaban J connectivity index is 1.64. The van der Waals surface area contributed by atoms with Crippen molar-refractivity contribution in [3.63, 3.8) is 0 Å². The topological polar surface area (TPSA) is 40.6 Å². The van der Waals surface area contributed by atoms with Gasteiger partial charge in [-0.25, -0.2) is 0 Å². The van der Waals surface area contributed by atoms with Gasteiger partial charge in [0.2, 0.25) is 10.8 Å². The van der Waals surface area contributed by atoms with Crippen LogP contribution in [0.4, 0.5) is 11.4 Å². The maximum atomic E-state index is 14.0. The first-order valence-corrected chi connectivity index (χ1v) is 11.1. The number of nitrogens with zero attached hydrogens (tertiary/aromatic N) is 2. The summed E-state index contributed by atoms with van der Waals surface area (Å²) in [4.78, 5) is 29.3. The van der Waals surface area contributed by atoms with Crippen LogP contribution < -0.4 is 9.80 Å². The molecule has 0 aliphatic carbocycles. The van der Waals surface area contributed by atoms with Gasteiger partial charge in [-0.1, -0.05) is 65.7 Å². The Morgan fingerprint density at radius 3 is 2.53 bits per heavy atom. The molecule has 30 heavy (non-hydrogen) atoms. The van der Waals surface area contributed by atoms with Crippen molar-refractivity contribution in [3.05, 3.63) is 94.5 Å². The summed E-state index contributed by atoms with van der Waals surface area (Å²) in [7, 11) is 0. The Kier molecular flexibility index (Phi) is 4.60. The Bertz CT molecular complexity index is 1160. The standard InChI is InChI=1S/C24H19ClN2O2S/c1-16-9-11-17(12-10-16)14-26-21-8-3-2-7-20(21)24(23(26)29)27(22(28)15-30-24)19-6-4-5-18(25)13-19/h2-13H,14-15H2,1H3/t24-/m1/s1. The molecule has 3 aromatic carbocycles. The van der Waals surface area contributed by atoms with Crippen LogP contribution in [-0.4, -0.2) is 17.6 Å². The largest absolute Gasteiger partial charge is 0.304 e. The molecule has 1 atom stereocenters. The molecule has 2 aliphatic rings. The van der Waals surface area contributed by atoms with Gasteiger partial charge in [0.05, 0.1) is 18.0 Å². The molecule has 0 N–H and O–H groups in total. The van der Waals surface area contributed by atoms with Crippen molar-refractivity contribution in [1.29, 1.82) is 0 Å². The number of amides is 2. The molecule has 0 unspecified atom stereocenters. The van der Waals surface area contributed by atoms with Crippen molar-refractivity contribution in [2.75, 3.05) is 15.6 Å². The summed E-state index contributed by atoms with van der Waals surface area (Å²) in [6.07, 6.45) is 0. The molecule has 1 spiro atoms. The second-order valence-electron chi connectivity index (χ2n) is 7.54. The predicted octanol–water partition coefficient (Wildman–Crippen LogP) is 5.13. The van der Waals surface area contributed by atoms with Crippen molar-refractivity contribution in [3.8, 4) is 0 Å². The number of fused-ring (bicyclic) bond motifs is 2. The highest BCUT2D eigenvalue weighted by Crippen LogP contribution is 2.56. The first kappa shape index (κ1) is 19.2. The highest BCUT2D eigenvalue weighted by atomic mass is 35.5. The number of hydrogen-bond donors (Lipinski definition) is 0. The van der Waals surface area contributed by atoms with Crippen LogP contribution in [0.1, 0.15) is 16.7 Å². The molecular formula is C24H19ClN2O2S. The molecule has 6 heteroatoms. The van der Waals surface area contributed by atoms with Gasteiger partial charge < -0.3 is 4.90 Å². The summed E-state index contributed by atoms with van der Waals surface area (Å²) in [6, 6.07) is 23.1. The van der Waals surface area contributed by atoms with Gasteiger partial charge in [0, 0.05) is 16.3 Å². The number of para-hydroxylation sites is 1. The SMILES string of the molecule is Cc1ccc(CN2C(=O)[C@]3(SCC(=O)N3c3cccc(Cl)c3)c3ccccc32)cc1. The minimum atomic E-state index is -1.11. The molecule has 1 fully saturated rings. The quantitative estimate of drug-likeness (QED) is 0.574. The second-order valence-corrected chi connectivity index (χ2v) is 9.14. The van der Waals surface area contributed by atoms with Crippen LogP contribution in [0.25, 0.3) is 0 Å². The second kappa shape index (κ2) is 7.18. The van der Waals surface area contributed by atoms with Crippen LogP contribution in [0.2, 0.25) is 5.02 Å². The molecule has 1 saturated heterocycles. The summed E-state index contributed by atoms with van der Waals surface area (Å²) in [5, 5.41) is 0.530. The van der Waals surface area contributed by atoms with Crippen molar-refractivity contribution < 1.29 is 9.59 Å². The first-order valence-electron chi connectivity index (χ1n) is 9.70. The maximum Gasteiger partial charge on any atom is 0.269 e. The zero-order chi connectivity index (χ0) is 20.9. The molecule has 0 saturated carbocycles. The number of rotatable bonds is 3. The van der Waals surface area contributed by atoms with Gasteiger partial charge in [0.15, 0.2) is 0 Å². The maximum absolute atomic E-state index is 14.0. The Labute approximate surface area is 184 Å². The number of benzene rings is 3. The number of carbonyl (C=O) groups excluding carboxylic acids is 2. The third-order valence-corrected chi connectivity index (χ3v) is 7.21. The predicted molar refractivity (Wildman–Crippen MR) is 122 cm³/mol. The average molecular weight is 435 g/mol. The van der Waals surface area contributed by atoms with Gasteiger partial charge in [0.25, 0.3) is 5.91 Å². The van der Waals surface area contributed by atoms with Gasteiger partial charge in [-0.3, -0.25) is 14.5 Å². The van der Waals surface area contributed by atoms with Crippen LogP contribution >= 0.6 is 23.4 Å². The minimum absolute atomic E-state index is 0.0948. The molecular weight excluding hydrogens is 416 g/mol. The third kappa shape index (κ3) is 2.84. The number of aryl methyl sites for hydroxylation is 1. The van der Waals surface area contributed by atoms with Crippen LogP contribution in [0.3, 0.4) is 0 Å². The van der Waals surface area contributed by atoms with Gasteiger partial charge in [-0.2, -0.15) is 0 Å². The van der Waals surface area contributed by atoms with E-state index < -0.39 is 4.87 Å². The van der Waals surface area contributed by atoms with E-state index in [9.17, 15) is 9.59 Å². The highest BCUT2D eigenvalue weighted by molar-refractivity contribution is 8.02. The number of halogens is 1. The van der Waals surface area contributed by atoms with E-state index >= 15 is 0 Å². The lowest BCUT2D eigenvalue weighted by Crippen LogP contribution is -2.49. The Hall–Kier alpha value is -2.76. The summed E-state index contributed by atoms with van der Waals surface area (Å²) in [6.45, 7) is 2.49. The van der Waals surface area contributed by atoms with Crippen LogP contribution in [0.5, 0.6) is 0 Å². The Morgan fingerprint density at radius 2 is 1.77 bits per heavy atom. The average Bonchev–Trinajstić information content (AvgIpc) is 3.21. The molecule has 0 aromatic heterocycles. The molecule has 4 nitrogen and oxygen atoms in total. The van der Waals surface area contributed by atoms with E-state index in [2.05, 4.69) is 0 Å². The van der Waals surface area contributed by atoms with Crippen LogP contribution in [-0.2, 0) is 21.0 Å². The van der Waals surface area contributed by atoms with Crippen LogP contribution in [0, 0.1) is 6.92 Å². The molecule has 0 radical (unpaired) electrons. The van der Waals surface area contributed by atoms with Crippen molar-refractivity contribution in [2.45, 2.75) is 18.3 Å². The fourth-order valence-electron chi connectivity index (χ4n) is 4.20. The van der Waals surface area contributed by atoms with E-state index in [1.165, 1.54) is 17.3 Å². The summed E-state index contributed by atoms with van der Waals surface area (Å²) in [5.41, 5.74) is 4.55. The molecule has 3 aromatic rings. The van der Waals surface area contributed by atoms with E-state index in [1.807, 2.05) is 61.5 Å². The van der Waals surface area contributed by atoms with Gasteiger partial charge >= 0.3 is 0 Å². The van der Waals surface area contributed by atoms with Gasteiger partial charge in [-0.15, -0.1) is 11.8 Å². The highest BCUT2D eigenvalue weighted by Gasteiger charge is 2.60. The van der Waals surface area contributed by atoms with Crippen molar-refractivity contribution in [1.82, 2.24) is 0 Å². The Morgan fingerprint density at radius 1 is 1.00 bits per heavy atom. The monoisotopic (exact) mass is 434 g/mol.